The molecule has 0 aliphatic heterocycles. The molecular formula is C83H200O24P4Si15. The van der Waals surface area contributed by atoms with Crippen molar-refractivity contribution in [3.05, 3.63) is 30.3 Å². The average Bonchev–Trinajstić information content (AvgIpc) is 0.816. The van der Waals surface area contributed by atoms with Crippen molar-refractivity contribution >= 4 is 168 Å². The van der Waals surface area contributed by atoms with Gasteiger partial charge in [-0.15, -0.1) is 0 Å². The Bertz CT molecular complexity index is 3170. The molecule has 1 aromatic rings. The van der Waals surface area contributed by atoms with Crippen LogP contribution in [0.25, 0.3) is 0 Å². The average molecular weight is 2130 g/mol. The van der Waals surface area contributed by atoms with E-state index in [0.29, 0.717) is 77.5 Å². The smallest absolute Gasteiger partial charge is 0.373 e. The summed E-state index contributed by atoms with van der Waals surface area (Å²) in [6.07, 6.45) is 18.8. The molecule has 0 heterocycles. The fraction of sp³-hybridized carbons (Fsp3) is 0.916. The van der Waals surface area contributed by atoms with E-state index in [1.54, 1.807) is 0 Å². The highest BCUT2D eigenvalue weighted by molar-refractivity contribution is 7.54. The summed E-state index contributed by atoms with van der Waals surface area (Å²) < 4.78 is 158. The Labute approximate surface area is 792 Å². The summed E-state index contributed by atoms with van der Waals surface area (Å²) in [6.45, 7) is 96.7. The number of hydrogen-bond donors (Lipinski definition) is 0. The third-order valence-electron chi connectivity index (χ3n) is 17.7. The van der Waals surface area contributed by atoms with Crippen LogP contribution in [0.1, 0.15) is 165 Å². The van der Waals surface area contributed by atoms with Crippen LogP contribution < -0.4 is 5.19 Å². The predicted octanol–water partition coefficient (Wildman–Crippen LogP) is 29.8. The highest BCUT2D eigenvalue weighted by atomic mass is 31.2. The topological polar surface area (TPSA) is 269 Å². The molecular weight excluding hydrogens is 1930 g/mol. The molecule has 0 aliphatic carbocycles. The second-order valence-electron chi connectivity index (χ2n) is 42.1. The van der Waals surface area contributed by atoms with Gasteiger partial charge in [-0.05, 0) is 338 Å². The lowest BCUT2D eigenvalue weighted by Gasteiger charge is -2.39. The zero-order valence-corrected chi connectivity index (χ0v) is 108. The van der Waals surface area contributed by atoms with Gasteiger partial charge in [-0.1, -0.05) is 115 Å². The van der Waals surface area contributed by atoms with Crippen LogP contribution in [0.3, 0.4) is 0 Å². The minimum Gasteiger partial charge on any atom is -0.437 e. The Morgan fingerprint density at radius 2 is 0.429 bits per heavy atom. The molecule has 1 rings (SSSR count). The van der Waals surface area contributed by atoms with E-state index in [1.807, 2.05) is 61.5 Å². The molecule has 2 unspecified atom stereocenters. The van der Waals surface area contributed by atoms with E-state index >= 15 is 0 Å². The fourth-order valence-corrected chi connectivity index (χ4v) is 89.2. The molecule has 126 heavy (non-hydrogen) atoms. The first-order valence-corrected chi connectivity index (χ1v) is 101. The van der Waals surface area contributed by atoms with Crippen LogP contribution >= 0.6 is 30.4 Å². The van der Waals surface area contributed by atoms with Crippen LogP contribution in [-0.2, 0) is 105 Å². The van der Waals surface area contributed by atoms with Crippen molar-refractivity contribution in [2.24, 2.45) is 0 Å². The van der Waals surface area contributed by atoms with Crippen molar-refractivity contribution in [3.8, 4) is 0 Å². The first kappa shape index (κ1) is 137. The SMILES string of the molecule is CCCC[Si](C)(C)O[Si](C)(C)O[Si](C)(C)C.CCCOP(=O)(CCCC[Si](C)(C)O[Si](C)(C)O[Si](C)(C)C)OCC.CCCOP(=O)(CCCC[Si](C)(C)O[Si](C)(C)O[Si](C)(C)c1ccccc1)OCC.CCOP(=O)(CCCCCCCC[Si](C)(C)O[Si](C)(C)O[Si](C)(C)C)OCC.CCOP(=O)(CCCC[Si](C)(C)O[Si](C)(C)O[Si](C)(C)C)OCC.O=C=O. The third kappa shape index (κ3) is 82.0. The number of rotatable bonds is 66. The van der Waals surface area contributed by atoms with Gasteiger partial charge in [0.15, 0.2) is 74.9 Å². The number of carbonyl (C=O) groups excluding carboxylic acids is 2. The van der Waals surface area contributed by atoms with Gasteiger partial charge in [-0.25, -0.2) is 0 Å². The van der Waals surface area contributed by atoms with Crippen LogP contribution in [0.15, 0.2) is 30.3 Å². The highest BCUT2D eigenvalue weighted by Gasteiger charge is 2.44. The maximum Gasteiger partial charge on any atom is 0.373 e. The van der Waals surface area contributed by atoms with E-state index in [9.17, 15) is 18.3 Å². The van der Waals surface area contributed by atoms with Gasteiger partial charge in [-0.2, -0.15) is 9.59 Å². The van der Waals surface area contributed by atoms with Crippen molar-refractivity contribution in [2.45, 2.75) is 418 Å². The molecule has 0 aromatic heterocycles. The molecule has 0 aliphatic rings. The van der Waals surface area contributed by atoms with Crippen LogP contribution in [-0.4, -0.2) is 210 Å². The van der Waals surface area contributed by atoms with E-state index in [2.05, 4.69) is 254 Å². The van der Waals surface area contributed by atoms with Gasteiger partial charge in [0.05, 0.1) is 77.5 Å². The monoisotopic (exact) mass is 2120 g/mol. The van der Waals surface area contributed by atoms with Gasteiger partial charge in [0, 0.05) is 0 Å². The molecule has 43 heteroatoms. The zero-order chi connectivity index (χ0) is 99.4. The second-order valence-corrected chi connectivity index (χ2v) is 114. The molecule has 1 aromatic carbocycles. The molecule has 2 atom stereocenters. The zero-order valence-electron chi connectivity index (χ0n) is 89.3. The fourth-order valence-electron chi connectivity index (χ4n) is 15.2. The Balaban J connectivity index is -0.000000486. The molecule has 24 nitrogen and oxygen atoms in total. The maximum atomic E-state index is 12.7. The molecule has 0 N–H and O–H groups in total. The van der Waals surface area contributed by atoms with Gasteiger partial charge < -0.3 is 77.3 Å². The van der Waals surface area contributed by atoms with Gasteiger partial charge in [0.1, 0.15) is 0 Å². The van der Waals surface area contributed by atoms with E-state index in [0.717, 1.165) is 82.3 Å². The standard InChI is InChI=1S/C21H43O5PSi3.C19H47O5PSi3.C16H41O5PSi3.C15H39O5PSi3.C11H30O2Si3.CO2/c1-9-18-24-27(22,23-10-2)19-14-15-20-28(3,4)25-30(7,8)26-29(5,6)21-16-12-11-13-17-21;1-10-21-25(20,22-11-2)18-16-14-12-13-15-17-19-27(6,7)24-28(8,9)23-26(3,4)5;1-10-14-19-22(17,18-11-2)15-12-13-16-24(6,7)21-25(8,9)20-23(3,4)5;1-10-17-21(16,18-11-2)14-12-13-15-23(6,7)20-24(8,9)19-22(3,4)5;1-9-10-11-15(5,6)13-16(7,8)12-14(2,3)4;2-1-3/h11-13,16-17H,9-10,14-15,18-20H2,1-8H3;10-19H2,1-9H3;10-16H2,1-9H3;10-15H2,1-9H3;9-11H2,1-8H3;. The summed E-state index contributed by atoms with van der Waals surface area (Å²) in [5, 5.41) is 1.30. The summed E-state index contributed by atoms with van der Waals surface area (Å²) in [5.74, 6) is 0. The van der Waals surface area contributed by atoms with Crippen molar-refractivity contribution in [2.75, 3.05) is 77.5 Å². The van der Waals surface area contributed by atoms with Crippen molar-refractivity contribution in [1.29, 1.82) is 0 Å². The first-order chi connectivity index (χ1) is 57.0. The summed E-state index contributed by atoms with van der Waals surface area (Å²) in [6, 6.07) is 16.1. The van der Waals surface area contributed by atoms with Gasteiger partial charge in [0.25, 0.3) is 0 Å². The maximum absolute atomic E-state index is 12.7. The van der Waals surface area contributed by atoms with Crippen molar-refractivity contribution in [1.82, 2.24) is 0 Å². The quantitative estimate of drug-likeness (QED) is 0.0333. The lowest BCUT2D eigenvalue weighted by atomic mass is 10.1. The van der Waals surface area contributed by atoms with Crippen molar-refractivity contribution < 1.29 is 105 Å². The molecule has 0 saturated carbocycles. The van der Waals surface area contributed by atoms with Crippen LogP contribution in [0.4, 0.5) is 0 Å². The van der Waals surface area contributed by atoms with Crippen LogP contribution in [0, 0.1) is 0 Å². The molecule has 756 valence electrons. The van der Waals surface area contributed by atoms with Crippen molar-refractivity contribution in [3.63, 3.8) is 0 Å². The normalized spacial score (nSPS) is 14.5. The predicted molar refractivity (Wildman–Crippen MR) is 574 cm³/mol. The second kappa shape index (κ2) is 65.1. The summed E-state index contributed by atoms with van der Waals surface area (Å²) in [5.41, 5.74) is 0. The van der Waals surface area contributed by atoms with E-state index < -0.39 is 156 Å². The molecule has 0 spiro atoms. The Morgan fingerprint density at radius 1 is 0.238 bits per heavy atom. The molecule has 0 amide bonds. The van der Waals surface area contributed by atoms with Crippen LogP contribution in [0.2, 0.25) is 253 Å². The minimum absolute atomic E-state index is 0.250. The highest BCUT2D eigenvalue weighted by Crippen LogP contribution is 2.52. The molecule has 0 radical (unpaired) electrons. The first-order valence-electron chi connectivity index (χ1n) is 47.5. The van der Waals surface area contributed by atoms with Gasteiger partial charge in [-0.3, -0.25) is 18.3 Å². The number of benzene rings is 1. The lowest BCUT2D eigenvalue weighted by molar-refractivity contribution is -0.191. The summed E-state index contributed by atoms with van der Waals surface area (Å²) in [7, 11) is -38.8. The van der Waals surface area contributed by atoms with Gasteiger partial charge in [0.2, 0.25) is 8.32 Å². The van der Waals surface area contributed by atoms with Gasteiger partial charge >= 0.3 is 79.3 Å². The number of hydrogen-bond acceptors (Lipinski definition) is 24. The number of unbranched alkanes of at least 4 members (excludes halogenated alkanes) is 9. The lowest BCUT2D eigenvalue weighted by Crippen LogP contribution is -2.56. The minimum atomic E-state index is -2.96. The summed E-state index contributed by atoms with van der Waals surface area (Å²) in [4.78, 5) is 16.2. The van der Waals surface area contributed by atoms with E-state index in [4.69, 9.17) is 86.9 Å². The summed E-state index contributed by atoms with van der Waals surface area (Å²) >= 11 is 0. The molecule has 0 saturated heterocycles. The van der Waals surface area contributed by atoms with Crippen LogP contribution in [0.5, 0.6) is 0 Å². The largest absolute Gasteiger partial charge is 0.437 e. The van der Waals surface area contributed by atoms with E-state index in [1.165, 1.54) is 55.8 Å². The van der Waals surface area contributed by atoms with E-state index in [-0.39, 0.29) is 6.15 Å². The molecule has 0 bridgehead atoms. The Hall–Kier alpha value is 2.05. The third-order valence-corrected chi connectivity index (χ3v) is 78.3. The Morgan fingerprint density at radius 3 is 0.643 bits per heavy atom. The Kier molecular flexibility index (Phi) is 70.6. The molecule has 0 fully saturated rings.